The molecule has 142 valence electrons. The number of halogens is 1. The maximum atomic E-state index is 5.60. The molecule has 2 aromatic rings. The molecule has 0 fully saturated rings. The van der Waals surface area contributed by atoms with Crippen molar-refractivity contribution in [2.75, 3.05) is 27.2 Å². The minimum absolute atomic E-state index is 0. The number of nitrogens with zero attached hydrogens (tertiary/aromatic N) is 3. The normalized spacial score (nSPS) is 11.0. The van der Waals surface area contributed by atoms with Crippen molar-refractivity contribution in [2.45, 2.75) is 26.2 Å². The molecular weight excluding hydrogens is 439 g/mol. The Hall–Kier alpha value is -1.83. The summed E-state index contributed by atoms with van der Waals surface area (Å²) in [4.78, 5) is 11.0. The van der Waals surface area contributed by atoms with Crippen molar-refractivity contribution in [3.63, 3.8) is 0 Å². The summed E-state index contributed by atoms with van der Waals surface area (Å²) in [6.45, 7) is 7.53. The molecule has 0 spiro atoms. The Morgan fingerprint density at radius 1 is 1.35 bits per heavy atom. The minimum atomic E-state index is 0. The summed E-state index contributed by atoms with van der Waals surface area (Å²) in [5.74, 6) is 1.56. The van der Waals surface area contributed by atoms with Gasteiger partial charge in [-0.25, -0.2) is 4.98 Å². The Morgan fingerprint density at radius 3 is 2.73 bits per heavy atom. The lowest BCUT2D eigenvalue weighted by atomic mass is 10.1. The van der Waals surface area contributed by atoms with E-state index in [1.54, 1.807) is 13.3 Å². The lowest BCUT2D eigenvalue weighted by Gasteiger charge is -2.21. The van der Waals surface area contributed by atoms with E-state index in [1.165, 1.54) is 5.56 Å². The maximum Gasteiger partial charge on any atom is 0.226 e. The van der Waals surface area contributed by atoms with Gasteiger partial charge < -0.3 is 14.6 Å². The van der Waals surface area contributed by atoms with E-state index in [2.05, 4.69) is 45.8 Å². The van der Waals surface area contributed by atoms with Crippen molar-refractivity contribution in [3.8, 4) is 11.5 Å². The molecule has 1 aromatic carbocycles. The number of hydrogen-bond acceptors (Lipinski definition) is 3. The van der Waals surface area contributed by atoms with Crippen molar-refractivity contribution in [3.05, 3.63) is 54.4 Å². The Bertz CT molecular complexity index is 694. The topological polar surface area (TPSA) is 53.7 Å². The Morgan fingerprint density at radius 2 is 2.08 bits per heavy atom. The van der Waals surface area contributed by atoms with Gasteiger partial charge in [-0.3, -0.25) is 4.99 Å². The van der Waals surface area contributed by atoms with Crippen LogP contribution in [0.25, 0.3) is 11.5 Å². The van der Waals surface area contributed by atoms with E-state index in [9.17, 15) is 0 Å². The molecule has 1 aromatic heterocycles. The molecule has 1 N–H and O–H groups in total. The second kappa shape index (κ2) is 11.7. The number of aliphatic imine (C=N–C) groups is 1. The SMILES string of the molecule is C=CCCCN(C)C(=NC)NCCc1coc(-c2ccc(C)cc2)n1.I. The number of rotatable bonds is 8. The second-order valence-electron chi connectivity index (χ2n) is 6.09. The fourth-order valence-corrected chi connectivity index (χ4v) is 2.52. The Balaban J connectivity index is 0.00000338. The average Bonchev–Trinajstić information content (AvgIpc) is 3.08. The maximum absolute atomic E-state index is 5.60. The summed E-state index contributed by atoms with van der Waals surface area (Å²) >= 11 is 0. The number of benzene rings is 1. The summed E-state index contributed by atoms with van der Waals surface area (Å²) in [5.41, 5.74) is 3.17. The molecule has 0 unspecified atom stereocenters. The molecule has 0 amide bonds. The monoisotopic (exact) mass is 468 g/mol. The summed E-state index contributed by atoms with van der Waals surface area (Å²) in [7, 11) is 3.85. The number of aromatic nitrogens is 1. The van der Waals surface area contributed by atoms with Crippen LogP contribution in [0.4, 0.5) is 0 Å². The summed E-state index contributed by atoms with van der Waals surface area (Å²) in [6, 6.07) is 8.19. The molecule has 0 aliphatic rings. The van der Waals surface area contributed by atoms with Crippen molar-refractivity contribution in [1.29, 1.82) is 0 Å². The summed E-state index contributed by atoms with van der Waals surface area (Å²) in [5, 5.41) is 3.37. The zero-order chi connectivity index (χ0) is 18.1. The van der Waals surface area contributed by atoms with E-state index >= 15 is 0 Å². The highest BCUT2D eigenvalue weighted by atomic mass is 127. The Labute approximate surface area is 173 Å². The van der Waals surface area contributed by atoms with E-state index in [1.807, 2.05) is 25.3 Å². The molecule has 1 heterocycles. The number of aryl methyl sites for hydroxylation is 1. The molecule has 2 rings (SSSR count). The molecule has 5 nitrogen and oxygen atoms in total. The first kappa shape index (κ1) is 22.2. The third kappa shape index (κ3) is 6.82. The van der Waals surface area contributed by atoms with Crippen LogP contribution in [-0.2, 0) is 6.42 Å². The predicted molar refractivity (Wildman–Crippen MR) is 119 cm³/mol. The van der Waals surface area contributed by atoms with Gasteiger partial charge in [0.05, 0.1) is 5.69 Å². The van der Waals surface area contributed by atoms with Crippen LogP contribution < -0.4 is 5.32 Å². The standard InChI is InChI=1S/C20H28N4O.HI/c1-5-6-7-14-24(4)20(21-3)22-13-12-18-15-25-19(23-18)17-10-8-16(2)9-11-17;/h5,8-11,15H,1,6-7,12-14H2,2-4H3,(H,21,22);1H. The minimum Gasteiger partial charge on any atom is -0.444 e. The molecule has 0 saturated heterocycles. The zero-order valence-corrected chi connectivity index (χ0v) is 18.2. The molecule has 6 heteroatoms. The zero-order valence-electron chi connectivity index (χ0n) is 15.9. The highest BCUT2D eigenvalue weighted by molar-refractivity contribution is 14.0. The van der Waals surface area contributed by atoms with Gasteiger partial charge in [0.25, 0.3) is 0 Å². The van der Waals surface area contributed by atoms with Crippen molar-refractivity contribution < 1.29 is 4.42 Å². The molecule has 0 atom stereocenters. The highest BCUT2D eigenvalue weighted by Crippen LogP contribution is 2.19. The fourth-order valence-electron chi connectivity index (χ4n) is 2.52. The van der Waals surface area contributed by atoms with Gasteiger partial charge in [0.15, 0.2) is 5.96 Å². The molecule has 0 saturated carbocycles. The van der Waals surface area contributed by atoms with Crippen molar-refractivity contribution in [2.24, 2.45) is 4.99 Å². The molecule has 0 aliphatic heterocycles. The number of guanidine groups is 1. The smallest absolute Gasteiger partial charge is 0.226 e. The van der Waals surface area contributed by atoms with Gasteiger partial charge in [-0.15, -0.1) is 30.6 Å². The summed E-state index contributed by atoms with van der Waals surface area (Å²) < 4.78 is 5.60. The van der Waals surface area contributed by atoms with Gasteiger partial charge in [0.2, 0.25) is 5.89 Å². The van der Waals surface area contributed by atoms with Gasteiger partial charge in [-0.2, -0.15) is 0 Å². The van der Waals surface area contributed by atoms with Crippen LogP contribution in [-0.4, -0.2) is 43.0 Å². The first-order chi connectivity index (χ1) is 12.1. The summed E-state index contributed by atoms with van der Waals surface area (Å²) in [6.07, 6.45) is 6.55. The number of allylic oxidation sites excluding steroid dienone is 1. The van der Waals surface area contributed by atoms with Gasteiger partial charge >= 0.3 is 0 Å². The quantitative estimate of drug-likeness (QED) is 0.207. The largest absolute Gasteiger partial charge is 0.444 e. The van der Waals surface area contributed by atoms with Crippen LogP contribution >= 0.6 is 24.0 Å². The molecule has 26 heavy (non-hydrogen) atoms. The van der Waals surface area contributed by atoms with Crippen LogP contribution in [0.1, 0.15) is 24.1 Å². The Kier molecular flexibility index (Phi) is 10.0. The van der Waals surface area contributed by atoms with Crippen LogP contribution in [0.15, 0.2) is 52.6 Å². The predicted octanol–water partition coefficient (Wildman–Crippen LogP) is 4.28. The van der Waals surface area contributed by atoms with Gasteiger partial charge in [0, 0.05) is 39.2 Å². The van der Waals surface area contributed by atoms with Crippen molar-refractivity contribution in [1.82, 2.24) is 15.2 Å². The third-order valence-electron chi connectivity index (χ3n) is 3.99. The molecule has 0 radical (unpaired) electrons. The van der Waals surface area contributed by atoms with Crippen molar-refractivity contribution >= 4 is 29.9 Å². The van der Waals surface area contributed by atoms with E-state index in [0.717, 1.165) is 49.6 Å². The number of oxazole rings is 1. The first-order valence-corrected chi connectivity index (χ1v) is 8.68. The number of unbranched alkanes of at least 4 members (excludes halogenated alkanes) is 1. The molecule has 0 bridgehead atoms. The van der Waals surface area contributed by atoms with Crippen LogP contribution in [0.5, 0.6) is 0 Å². The highest BCUT2D eigenvalue weighted by Gasteiger charge is 2.08. The molecule has 0 aliphatic carbocycles. The van der Waals surface area contributed by atoms with Gasteiger partial charge in [0.1, 0.15) is 6.26 Å². The van der Waals surface area contributed by atoms with E-state index in [-0.39, 0.29) is 24.0 Å². The first-order valence-electron chi connectivity index (χ1n) is 8.68. The third-order valence-corrected chi connectivity index (χ3v) is 3.99. The van der Waals surface area contributed by atoms with Crippen LogP contribution in [0.3, 0.4) is 0 Å². The number of nitrogens with one attached hydrogen (secondary N) is 1. The van der Waals surface area contributed by atoms with E-state index in [4.69, 9.17) is 4.42 Å². The lowest BCUT2D eigenvalue weighted by Crippen LogP contribution is -2.40. The average molecular weight is 468 g/mol. The van der Waals surface area contributed by atoms with E-state index < -0.39 is 0 Å². The number of hydrogen-bond donors (Lipinski definition) is 1. The van der Waals surface area contributed by atoms with Gasteiger partial charge in [-0.1, -0.05) is 23.8 Å². The van der Waals surface area contributed by atoms with Crippen LogP contribution in [0.2, 0.25) is 0 Å². The molecular formula is C20H29IN4O. The fraction of sp³-hybridized carbons (Fsp3) is 0.400. The second-order valence-corrected chi connectivity index (χ2v) is 6.09. The van der Waals surface area contributed by atoms with Gasteiger partial charge in [-0.05, 0) is 31.9 Å². The lowest BCUT2D eigenvalue weighted by molar-refractivity contribution is 0.470. The van der Waals surface area contributed by atoms with E-state index in [0.29, 0.717) is 5.89 Å². The van der Waals surface area contributed by atoms with Crippen LogP contribution in [0, 0.1) is 6.92 Å².